The highest BCUT2D eigenvalue weighted by atomic mass is 79.9. The first-order valence-corrected chi connectivity index (χ1v) is 8.43. The predicted octanol–water partition coefficient (Wildman–Crippen LogP) is 4.52. The molecule has 1 fully saturated rings. The summed E-state index contributed by atoms with van der Waals surface area (Å²) in [5.41, 5.74) is 1.13. The van der Waals surface area contributed by atoms with E-state index in [9.17, 15) is 4.39 Å². The van der Waals surface area contributed by atoms with Crippen molar-refractivity contribution in [2.45, 2.75) is 43.5 Å². The van der Waals surface area contributed by atoms with Crippen LogP contribution in [0.5, 0.6) is 0 Å². The molecule has 2 rings (SSSR count). The fourth-order valence-electron chi connectivity index (χ4n) is 2.66. The monoisotopic (exact) mass is 331 g/mol. The lowest BCUT2D eigenvalue weighted by molar-refractivity contribution is 0.466. The lowest BCUT2D eigenvalue weighted by Crippen LogP contribution is -2.36. The summed E-state index contributed by atoms with van der Waals surface area (Å²) in [5.74, 6) is -0.194. The molecular weight excluding hydrogens is 313 g/mol. The van der Waals surface area contributed by atoms with E-state index in [0.717, 1.165) is 10.0 Å². The normalized spacial score (nSPS) is 25.3. The molecule has 18 heavy (non-hydrogen) atoms. The van der Waals surface area contributed by atoms with Crippen LogP contribution in [0, 0.1) is 5.82 Å². The van der Waals surface area contributed by atoms with Crippen LogP contribution in [0.1, 0.15) is 37.8 Å². The van der Waals surface area contributed by atoms with Crippen molar-refractivity contribution in [3.05, 3.63) is 34.1 Å². The van der Waals surface area contributed by atoms with Gasteiger partial charge in [0.2, 0.25) is 0 Å². The zero-order valence-corrected chi connectivity index (χ0v) is 13.2. The molecule has 4 heteroatoms. The van der Waals surface area contributed by atoms with E-state index >= 15 is 0 Å². The van der Waals surface area contributed by atoms with Crippen LogP contribution in [-0.2, 0) is 0 Å². The molecule has 100 valence electrons. The number of benzene rings is 1. The van der Waals surface area contributed by atoms with Gasteiger partial charge in [0.25, 0.3) is 0 Å². The molecule has 1 saturated carbocycles. The smallest absolute Gasteiger partial charge is 0.124 e. The minimum Gasteiger partial charge on any atom is -0.306 e. The summed E-state index contributed by atoms with van der Waals surface area (Å²) in [6.45, 7) is 2.15. The first-order chi connectivity index (χ1) is 8.61. The summed E-state index contributed by atoms with van der Waals surface area (Å²) in [6, 6.07) is 5.75. The molecule has 1 N–H and O–H groups in total. The van der Waals surface area contributed by atoms with Gasteiger partial charge in [0.05, 0.1) is 0 Å². The summed E-state index contributed by atoms with van der Waals surface area (Å²) in [5, 5.41) is 4.40. The largest absolute Gasteiger partial charge is 0.306 e. The second-order valence-electron chi connectivity index (χ2n) is 4.87. The average Bonchev–Trinajstić information content (AvgIpc) is 2.76. The average molecular weight is 332 g/mol. The molecule has 0 bridgehead atoms. The van der Waals surface area contributed by atoms with Crippen LogP contribution in [0.15, 0.2) is 22.7 Å². The van der Waals surface area contributed by atoms with Crippen molar-refractivity contribution in [2.24, 2.45) is 0 Å². The Morgan fingerprint density at radius 2 is 2.22 bits per heavy atom. The standard InChI is InChI=1S/C14H19BrFNS/c1-9(11-7-6-10(16)8-12(11)15)17-13-4-3-5-14(13)18-2/h6-9,13-14,17H,3-5H2,1-2H3. The van der Waals surface area contributed by atoms with Gasteiger partial charge in [-0.1, -0.05) is 28.4 Å². The molecule has 1 aliphatic carbocycles. The zero-order valence-electron chi connectivity index (χ0n) is 10.7. The Labute approximate surface area is 121 Å². The van der Waals surface area contributed by atoms with E-state index in [2.05, 4.69) is 34.4 Å². The Morgan fingerprint density at radius 1 is 1.44 bits per heavy atom. The third-order valence-electron chi connectivity index (χ3n) is 3.65. The number of hydrogen-bond donors (Lipinski definition) is 1. The van der Waals surface area contributed by atoms with Crippen molar-refractivity contribution < 1.29 is 4.39 Å². The van der Waals surface area contributed by atoms with E-state index in [4.69, 9.17) is 0 Å². The molecule has 3 unspecified atom stereocenters. The van der Waals surface area contributed by atoms with Crippen molar-refractivity contribution >= 4 is 27.7 Å². The summed E-state index contributed by atoms with van der Waals surface area (Å²) in [4.78, 5) is 0. The summed E-state index contributed by atoms with van der Waals surface area (Å²) >= 11 is 5.39. The maximum atomic E-state index is 13.1. The summed E-state index contributed by atoms with van der Waals surface area (Å²) in [6.07, 6.45) is 6.04. The summed E-state index contributed by atoms with van der Waals surface area (Å²) in [7, 11) is 0. The van der Waals surface area contributed by atoms with Gasteiger partial charge in [-0.15, -0.1) is 0 Å². The van der Waals surface area contributed by atoms with Gasteiger partial charge < -0.3 is 5.32 Å². The molecule has 1 aromatic carbocycles. The molecule has 0 aromatic heterocycles. The van der Waals surface area contributed by atoms with E-state index in [1.807, 2.05) is 17.8 Å². The van der Waals surface area contributed by atoms with Crippen LogP contribution < -0.4 is 5.32 Å². The van der Waals surface area contributed by atoms with Crippen molar-refractivity contribution in [1.29, 1.82) is 0 Å². The molecule has 0 aliphatic heterocycles. The molecule has 1 aliphatic rings. The Kier molecular flexibility index (Phi) is 5.10. The maximum absolute atomic E-state index is 13.1. The minimum absolute atomic E-state index is 0.194. The number of hydrogen-bond acceptors (Lipinski definition) is 2. The van der Waals surface area contributed by atoms with Crippen LogP contribution >= 0.6 is 27.7 Å². The van der Waals surface area contributed by atoms with Gasteiger partial charge in [-0.3, -0.25) is 0 Å². The van der Waals surface area contributed by atoms with E-state index in [1.165, 1.54) is 31.4 Å². The third kappa shape index (κ3) is 3.28. The first-order valence-electron chi connectivity index (χ1n) is 6.35. The van der Waals surface area contributed by atoms with Crippen molar-refractivity contribution in [2.75, 3.05) is 6.26 Å². The van der Waals surface area contributed by atoms with E-state index < -0.39 is 0 Å². The molecule has 0 saturated heterocycles. The van der Waals surface area contributed by atoms with E-state index in [1.54, 1.807) is 0 Å². The molecule has 1 nitrogen and oxygen atoms in total. The van der Waals surface area contributed by atoms with Crippen molar-refractivity contribution in [3.8, 4) is 0 Å². The molecule has 0 heterocycles. The van der Waals surface area contributed by atoms with Crippen molar-refractivity contribution in [1.82, 2.24) is 5.32 Å². The van der Waals surface area contributed by atoms with Crippen molar-refractivity contribution in [3.63, 3.8) is 0 Å². The lowest BCUT2D eigenvalue weighted by atomic mass is 10.1. The minimum atomic E-state index is -0.194. The molecule has 0 amide bonds. The maximum Gasteiger partial charge on any atom is 0.124 e. The Morgan fingerprint density at radius 3 is 2.89 bits per heavy atom. The summed E-state index contributed by atoms with van der Waals surface area (Å²) < 4.78 is 13.9. The van der Waals surface area contributed by atoms with E-state index in [0.29, 0.717) is 11.3 Å². The van der Waals surface area contributed by atoms with Gasteiger partial charge >= 0.3 is 0 Å². The van der Waals surface area contributed by atoms with Gasteiger partial charge in [0.15, 0.2) is 0 Å². The highest BCUT2D eigenvalue weighted by Crippen LogP contribution is 2.31. The Balaban J connectivity index is 2.05. The van der Waals surface area contributed by atoms with Gasteiger partial charge in [0.1, 0.15) is 5.82 Å². The van der Waals surface area contributed by atoms with Crippen LogP contribution in [0.2, 0.25) is 0 Å². The predicted molar refractivity (Wildman–Crippen MR) is 80.6 cm³/mol. The quantitative estimate of drug-likeness (QED) is 0.870. The van der Waals surface area contributed by atoms with Crippen LogP contribution in [-0.4, -0.2) is 17.5 Å². The highest BCUT2D eigenvalue weighted by Gasteiger charge is 2.27. The van der Waals surface area contributed by atoms with Crippen LogP contribution in [0.25, 0.3) is 0 Å². The van der Waals surface area contributed by atoms with Gasteiger partial charge in [-0.05, 0) is 43.7 Å². The Hall–Kier alpha value is -0.0600. The van der Waals surface area contributed by atoms with Crippen LogP contribution in [0.4, 0.5) is 4.39 Å². The second kappa shape index (κ2) is 6.40. The second-order valence-corrected chi connectivity index (χ2v) is 6.80. The van der Waals surface area contributed by atoms with E-state index in [-0.39, 0.29) is 11.9 Å². The number of nitrogens with one attached hydrogen (secondary N) is 1. The van der Waals surface area contributed by atoms with Crippen LogP contribution in [0.3, 0.4) is 0 Å². The van der Waals surface area contributed by atoms with Gasteiger partial charge in [-0.2, -0.15) is 11.8 Å². The molecule has 3 atom stereocenters. The number of rotatable bonds is 4. The topological polar surface area (TPSA) is 12.0 Å². The highest BCUT2D eigenvalue weighted by molar-refractivity contribution is 9.10. The SMILES string of the molecule is CSC1CCCC1NC(C)c1ccc(F)cc1Br. The molecular formula is C14H19BrFNS. The van der Waals surface area contributed by atoms with Gasteiger partial charge in [0, 0.05) is 21.8 Å². The third-order valence-corrected chi connectivity index (χ3v) is 5.50. The fourth-order valence-corrected chi connectivity index (χ4v) is 4.30. The first kappa shape index (κ1) is 14.4. The number of thioether (sulfide) groups is 1. The molecule has 0 spiro atoms. The van der Waals surface area contributed by atoms with Gasteiger partial charge in [-0.25, -0.2) is 4.39 Å². The molecule has 0 radical (unpaired) electrons. The zero-order chi connectivity index (χ0) is 13.1. The lowest BCUT2D eigenvalue weighted by Gasteiger charge is -2.25. The Bertz CT molecular complexity index is 413. The fraction of sp³-hybridized carbons (Fsp3) is 0.571. The number of halogens is 2. The molecule has 1 aromatic rings.